The first kappa shape index (κ1) is 21.1. The van der Waals surface area contributed by atoms with Gasteiger partial charge in [-0.05, 0) is 37.1 Å². The normalized spacial score (nSPS) is 17.4. The zero-order valence-corrected chi connectivity index (χ0v) is 16.9. The molecule has 2 aromatic carbocycles. The molecule has 29 heavy (non-hydrogen) atoms. The average molecular weight is 399 g/mol. The Balaban J connectivity index is 1.41. The van der Waals surface area contributed by atoms with E-state index in [1.165, 1.54) is 5.56 Å². The summed E-state index contributed by atoms with van der Waals surface area (Å²) in [4.78, 5) is 14.1. The van der Waals surface area contributed by atoms with Crippen LogP contribution in [0.4, 0.5) is 0 Å². The maximum absolute atomic E-state index is 12.3. The fourth-order valence-corrected chi connectivity index (χ4v) is 3.60. The number of hydrogen-bond donors (Lipinski definition) is 2. The van der Waals surface area contributed by atoms with E-state index < -0.39 is 6.10 Å². The SMILES string of the molecule is COc1cccc(OCC(O)CN2C(=O)CCC2CCNCc2ccccc2)c1. The highest BCUT2D eigenvalue weighted by Crippen LogP contribution is 2.22. The van der Waals surface area contributed by atoms with E-state index in [0.717, 1.165) is 25.9 Å². The van der Waals surface area contributed by atoms with Crippen molar-refractivity contribution in [3.8, 4) is 11.5 Å². The minimum absolute atomic E-state index is 0.110. The molecule has 1 saturated heterocycles. The number of carbonyl (C=O) groups excluding carboxylic acids is 1. The van der Waals surface area contributed by atoms with Crippen LogP contribution in [0.3, 0.4) is 0 Å². The second-order valence-corrected chi connectivity index (χ2v) is 7.33. The molecule has 3 rings (SSSR count). The molecule has 1 amide bonds. The van der Waals surface area contributed by atoms with E-state index in [9.17, 15) is 9.90 Å². The van der Waals surface area contributed by atoms with E-state index in [1.807, 2.05) is 41.3 Å². The van der Waals surface area contributed by atoms with Gasteiger partial charge in [0.2, 0.25) is 5.91 Å². The first-order valence-electron chi connectivity index (χ1n) is 10.1. The molecule has 2 unspecified atom stereocenters. The van der Waals surface area contributed by atoms with E-state index in [4.69, 9.17) is 9.47 Å². The Labute approximate surface area is 172 Å². The first-order valence-corrected chi connectivity index (χ1v) is 10.1. The van der Waals surface area contributed by atoms with E-state index in [-0.39, 0.29) is 18.6 Å². The molecule has 2 atom stereocenters. The molecule has 0 aliphatic carbocycles. The summed E-state index contributed by atoms with van der Waals surface area (Å²) in [6.07, 6.45) is 1.53. The Kier molecular flexibility index (Phi) is 7.90. The van der Waals surface area contributed by atoms with Gasteiger partial charge in [-0.25, -0.2) is 0 Å². The molecule has 6 heteroatoms. The monoisotopic (exact) mass is 398 g/mol. The molecular weight excluding hydrogens is 368 g/mol. The number of hydrogen-bond acceptors (Lipinski definition) is 5. The Bertz CT molecular complexity index is 768. The Morgan fingerprint density at radius 3 is 2.76 bits per heavy atom. The van der Waals surface area contributed by atoms with E-state index >= 15 is 0 Å². The fourth-order valence-electron chi connectivity index (χ4n) is 3.60. The summed E-state index contributed by atoms with van der Waals surface area (Å²) in [5.74, 6) is 1.45. The number of methoxy groups -OCH3 is 1. The minimum atomic E-state index is -0.733. The summed E-state index contributed by atoms with van der Waals surface area (Å²) < 4.78 is 10.8. The zero-order valence-electron chi connectivity index (χ0n) is 16.9. The number of benzene rings is 2. The number of rotatable bonds is 11. The van der Waals surface area contributed by atoms with Crippen molar-refractivity contribution in [3.63, 3.8) is 0 Å². The van der Waals surface area contributed by atoms with Crippen LogP contribution in [0.5, 0.6) is 11.5 Å². The van der Waals surface area contributed by atoms with Gasteiger partial charge in [-0.1, -0.05) is 36.4 Å². The zero-order chi connectivity index (χ0) is 20.5. The summed E-state index contributed by atoms with van der Waals surface area (Å²) >= 11 is 0. The molecular formula is C23H30N2O4. The van der Waals surface area contributed by atoms with Crippen LogP contribution in [0.1, 0.15) is 24.8 Å². The van der Waals surface area contributed by atoms with Crippen LogP contribution in [0.15, 0.2) is 54.6 Å². The van der Waals surface area contributed by atoms with Crippen LogP contribution < -0.4 is 14.8 Å². The number of aliphatic hydroxyl groups excluding tert-OH is 1. The van der Waals surface area contributed by atoms with Gasteiger partial charge in [0.05, 0.1) is 13.7 Å². The van der Waals surface area contributed by atoms with Gasteiger partial charge in [0.25, 0.3) is 0 Å². The van der Waals surface area contributed by atoms with Gasteiger partial charge in [-0.3, -0.25) is 4.79 Å². The third-order valence-electron chi connectivity index (χ3n) is 5.17. The highest BCUT2D eigenvalue weighted by molar-refractivity contribution is 5.78. The number of carbonyl (C=O) groups is 1. The molecule has 0 aromatic heterocycles. The maximum Gasteiger partial charge on any atom is 0.222 e. The lowest BCUT2D eigenvalue weighted by atomic mass is 10.1. The van der Waals surface area contributed by atoms with Gasteiger partial charge >= 0.3 is 0 Å². The average Bonchev–Trinajstić information content (AvgIpc) is 3.10. The molecule has 0 spiro atoms. The highest BCUT2D eigenvalue weighted by Gasteiger charge is 2.31. The van der Waals surface area contributed by atoms with Crippen LogP contribution in [-0.2, 0) is 11.3 Å². The molecule has 6 nitrogen and oxygen atoms in total. The Morgan fingerprint density at radius 1 is 1.17 bits per heavy atom. The van der Waals surface area contributed by atoms with E-state index in [0.29, 0.717) is 24.5 Å². The van der Waals surface area contributed by atoms with Gasteiger partial charge in [-0.2, -0.15) is 0 Å². The lowest BCUT2D eigenvalue weighted by Crippen LogP contribution is -2.42. The lowest BCUT2D eigenvalue weighted by Gasteiger charge is -2.27. The Hall–Kier alpha value is -2.57. The number of nitrogens with one attached hydrogen (secondary N) is 1. The van der Waals surface area contributed by atoms with Gasteiger partial charge in [0.15, 0.2) is 0 Å². The van der Waals surface area contributed by atoms with E-state index in [1.54, 1.807) is 13.2 Å². The van der Waals surface area contributed by atoms with Crippen molar-refractivity contribution in [1.82, 2.24) is 10.2 Å². The first-order chi connectivity index (χ1) is 14.2. The number of nitrogens with zero attached hydrogens (tertiary/aromatic N) is 1. The summed E-state index contributed by atoms with van der Waals surface area (Å²) in [6.45, 7) is 2.08. The van der Waals surface area contributed by atoms with Gasteiger partial charge in [0.1, 0.15) is 24.2 Å². The summed E-state index contributed by atoms with van der Waals surface area (Å²) in [7, 11) is 1.60. The van der Waals surface area contributed by atoms with Crippen molar-refractivity contribution < 1.29 is 19.4 Å². The van der Waals surface area contributed by atoms with Gasteiger partial charge in [-0.15, -0.1) is 0 Å². The molecule has 2 aromatic rings. The van der Waals surface area contributed by atoms with E-state index in [2.05, 4.69) is 17.4 Å². The van der Waals surface area contributed by atoms with Crippen molar-refractivity contribution in [3.05, 3.63) is 60.2 Å². The van der Waals surface area contributed by atoms with Gasteiger partial charge < -0.3 is 24.8 Å². The van der Waals surface area contributed by atoms with Crippen molar-refractivity contribution in [1.29, 1.82) is 0 Å². The minimum Gasteiger partial charge on any atom is -0.497 e. The highest BCUT2D eigenvalue weighted by atomic mass is 16.5. The topological polar surface area (TPSA) is 71.0 Å². The largest absolute Gasteiger partial charge is 0.497 e. The molecule has 1 heterocycles. The summed E-state index contributed by atoms with van der Waals surface area (Å²) in [5, 5.41) is 13.8. The quantitative estimate of drug-likeness (QED) is 0.570. The van der Waals surface area contributed by atoms with Crippen LogP contribution in [-0.4, -0.2) is 54.9 Å². The number of aliphatic hydroxyl groups is 1. The predicted molar refractivity (Wildman–Crippen MR) is 112 cm³/mol. The van der Waals surface area contributed by atoms with Crippen molar-refractivity contribution in [2.75, 3.05) is 26.8 Å². The molecule has 1 fully saturated rings. The summed E-state index contributed by atoms with van der Waals surface area (Å²) in [6, 6.07) is 17.7. The van der Waals surface area contributed by atoms with Crippen molar-refractivity contribution in [2.24, 2.45) is 0 Å². The molecule has 1 aliphatic rings. The lowest BCUT2D eigenvalue weighted by molar-refractivity contribution is -0.130. The second-order valence-electron chi connectivity index (χ2n) is 7.33. The van der Waals surface area contributed by atoms with Gasteiger partial charge in [0, 0.05) is 25.1 Å². The maximum atomic E-state index is 12.3. The summed E-state index contributed by atoms with van der Waals surface area (Å²) in [5.41, 5.74) is 1.25. The van der Waals surface area contributed by atoms with Crippen molar-refractivity contribution >= 4 is 5.91 Å². The van der Waals surface area contributed by atoms with Crippen LogP contribution in [0.2, 0.25) is 0 Å². The number of likely N-dealkylation sites (tertiary alicyclic amines) is 1. The Morgan fingerprint density at radius 2 is 1.97 bits per heavy atom. The smallest absolute Gasteiger partial charge is 0.222 e. The fraction of sp³-hybridized carbons (Fsp3) is 0.435. The van der Waals surface area contributed by atoms with Crippen molar-refractivity contribution in [2.45, 2.75) is 38.0 Å². The third-order valence-corrected chi connectivity index (χ3v) is 5.17. The van der Waals surface area contributed by atoms with Crippen LogP contribution in [0.25, 0.3) is 0 Å². The number of β-amino-alcohol motifs (C(OH)–C–C–N with tert-alkyl or cyclic N) is 1. The molecule has 2 N–H and O–H groups in total. The third kappa shape index (κ3) is 6.48. The second kappa shape index (κ2) is 10.8. The molecule has 0 bridgehead atoms. The number of ether oxygens (including phenoxy) is 2. The standard InChI is InChI=1S/C23H30N2O4/c1-28-21-8-5-9-22(14-21)29-17-20(26)16-25-19(10-11-23(25)27)12-13-24-15-18-6-3-2-4-7-18/h2-9,14,19-20,24,26H,10-13,15-17H2,1H3. The van der Waals surface area contributed by atoms with Crippen LogP contribution >= 0.6 is 0 Å². The number of amides is 1. The molecule has 0 saturated carbocycles. The van der Waals surface area contributed by atoms with Crippen LogP contribution in [0, 0.1) is 0 Å². The molecule has 156 valence electrons. The molecule has 1 aliphatic heterocycles. The molecule has 0 radical (unpaired) electrons. The predicted octanol–water partition coefficient (Wildman–Crippen LogP) is 2.61.